The molecule has 1 aliphatic heterocycles. The van der Waals surface area contributed by atoms with Crippen LogP contribution < -0.4 is 10.3 Å². The van der Waals surface area contributed by atoms with Crippen LogP contribution in [-0.4, -0.2) is 19.0 Å². The lowest BCUT2D eigenvalue weighted by Gasteiger charge is -2.25. The van der Waals surface area contributed by atoms with E-state index in [2.05, 4.69) is 31.9 Å². The summed E-state index contributed by atoms with van der Waals surface area (Å²) in [6.07, 6.45) is 0. The van der Waals surface area contributed by atoms with E-state index in [1.165, 1.54) is 7.11 Å². The number of methoxy groups -OCH3 is 1. The molecule has 0 spiro atoms. The first-order valence-electron chi connectivity index (χ1n) is 9.92. The van der Waals surface area contributed by atoms with E-state index in [1.807, 2.05) is 12.1 Å². The van der Waals surface area contributed by atoms with Gasteiger partial charge in [-0.1, -0.05) is 50.1 Å². The van der Waals surface area contributed by atoms with Crippen LogP contribution in [0.5, 0.6) is 0 Å². The van der Waals surface area contributed by atoms with Gasteiger partial charge < -0.3 is 9.15 Å². The normalized spacial score (nSPS) is 15.1. The van der Waals surface area contributed by atoms with Crippen LogP contribution in [0.4, 0.5) is 5.69 Å². The minimum Gasteiger partial charge on any atom is -0.465 e. The third kappa shape index (κ3) is 3.59. The van der Waals surface area contributed by atoms with E-state index in [0.29, 0.717) is 27.8 Å². The standard InChI is InChI=1S/C25H15Br2NO5/c1-32-25(31)14-7-5-13(6-8-14)21-20-22(29)18-12-16(27)9-10-19(18)33-23(20)24(30)28(21)17-4-2-3-15(26)11-17/h2-12,21H,1H3. The molecule has 164 valence electrons. The second-order valence-electron chi connectivity index (χ2n) is 7.49. The smallest absolute Gasteiger partial charge is 0.337 e. The van der Waals surface area contributed by atoms with Crippen LogP contribution in [0.15, 0.2) is 84.9 Å². The molecule has 1 unspecified atom stereocenters. The second kappa shape index (κ2) is 8.28. The Morgan fingerprint density at radius 1 is 0.970 bits per heavy atom. The molecule has 0 bridgehead atoms. The number of hydrogen-bond donors (Lipinski definition) is 0. The summed E-state index contributed by atoms with van der Waals surface area (Å²) < 4.78 is 12.3. The molecule has 0 saturated heterocycles. The van der Waals surface area contributed by atoms with Crippen LogP contribution in [0.2, 0.25) is 0 Å². The molecule has 0 N–H and O–H groups in total. The van der Waals surface area contributed by atoms with Crippen molar-refractivity contribution in [1.82, 2.24) is 0 Å². The number of fused-ring (bicyclic) bond motifs is 2. The number of benzene rings is 3. The lowest BCUT2D eigenvalue weighted by atomic mass is 9.97. The minimum atomic E-state index is -0.729. The highest BCUT2D eigenvalue weighted by atomic mass is 79.9. The van der Waals surface area contributed by atoms with Crippen molar-refractivity contribution in [2.75, 3.05) is 12.0 Å². The van der Waals surface area contributed by atoms with E-state index >= 15 is 0 Å². The summed E-state index contributed by atoms with van der Waals surface area (Å²) in [4.78, 5) is 40.6. The Hall–Kier alpha value is -3.23. The van der Waals surface area contributed by atoms with E-state index in [-0.39, 0.29) is 16.8 Å². The number of amides is 1. The van der Waals surface area contributed by atoms with Crippen LogP contribution in [0.3, 0.4) is 0 Å². The van der Waals surface area contributed by atoms with E-state index in [1.54, 1.807) is 59.5 Å². The average Bonchev–Trinajstić information content (AvgIpc) is 3.11. The van der Waals surface area contributed by atoms with Crippen LogP contribution in [-0.2, 0) is 4.74 Å². The van der Waals surface area contributed by atoms with Gasteiger partial charge in [-0.05, 0) is 54.1 Å². The van der Waals surface area contributed by atoms with Crippen molar-refractivity contribution < 1.29 is 18.7 Å². The Balaban J connectivity index is 1.77. The fourth-order valence-electron chi connectivity index (χ4n) is 4.07. The minimum absolute atomic E-state index is 0.0110. The maximum absolute atomic E-state index is 13.6. The van der Waals surface area contributed by atoms with E-state index < -0.39 is 17.9 Å². The van der Waals surface area contributed by atoms with Crippen LogP contribution >= 0.6 is 31.9 Å². The Bertz CT molecular complexity index is 1490. The van der Waals surface area contributed by atoms with Gasteiger partial charge >= 0.3 is 5.97 Å². The molecule has 33 heavy (non-hydrogen) atoms. The van der Waals surface area contributed by atoms with Gasteiger partial charge in [0, 0.05) is 14.6 Å². The molecule has 1 atom stereocenters. The predicted molar refractivity (Wildman–Crippen MR) is 131 cm³/mol. The van der Waals surface area contributed by atoms with Gasteiger partial charge in [0.05, 0.1) is 29.7 Å². The number of anilines is 1. The zero-order valence-electron chi connectivity index (χ0n) is 17.2. The number of nitrogens with zero attached hydrogens (tertiary/aromatic N) is 1. The Morgan fingerprint density at radius 2 is 1.70 bits per heavy atom. The maximum Gasteiger partial charge on any atom is 0.337 e. The van der Waals surface area contributed by atoms with Gasteiger partial charge in [0.15, 0.2) is 5.43 Å². The lowest BCUT2D eigenvalue weighted by Crippen LogP contribution is -2.29. The molecule has 0 fully saturated rings. The molecule has 1 aliphatic rings. The first-order valence-corrected chi connectivity index (χ1v) is 11.5. The van der Waals surface area contributed by atoms with Crippen LogP contribution in [0.25, 0.3) is 11.0 Å². The molecule has 1 aromatic heterocycles. The SMILES string of the molecule is COC(=O)c1ccc(C2c3c(oc4ccc(Br)cc4c3=O)C(=O)N2c2cccc(Br)c2)cc1. The van der Waals surface area contributed by atoms with Gasteiger partial charge in [-0.25, -0.2) is 4.79 Å². The van der Waals surface area contributed by atoms with Crippen molar-refractivity contribution in [3.05, 3.63) is 108 Å². The summed E-state index contributed by atoms with van der Waals surface area (Å²) >= 11 is 6.85. The number of hydrogen-bond acceptors (Lipinski definition) is 5. The number of ether oxygens (including phenoxy) is 1. The molecule has 4 aromatic rings. The summed E-state index contributed by atoms with van der Waals surface area (Å²) in [5.74, 6) is -0.868. The van der Waals surface area contributed by atoms with Crippen LogP contribution in [0.1, 0.15) is 38.1 Å². The molecule has 0 radical (unpaired) electrons. The van der Waals surface area contributed by atoms with Gasteiger partial charge in [0.25, 0.3) is 5.91 Å². The first kappa shape index (κ1) is 21.6. The number of carbonyl (C=O) groups excluding carboxylic acids is 2. The Kier molecular flexibility index (Phi) is 5.42. The Morgan fingerprint density at radius 3 is 2.39 bits per heavy atom. The molecule has 8 heteroatoms. The molecule has 2 heterocycles. The molecule has 6 nitrogen and oxygen atoms in total. The summed E-state index contributed by atoms with van der Waals surface area (Å²) in [5, 5.41) is 0.378. The van der Waals surface area contributed by atoms with E-state index in [4.69, 9.17) is 9.15 Å². The summed E-state index contributed by atoms with van der Waals surface area (Å²) in [6, 6.07) is 18.3. The second-order valence-corrected chi connectivity index (χ2v) is 9.32. The quantitative estimate of drug-likeness (QED) is 0.290. The zero-order valence-corrected chi connectivity index (χ0v) is 20.3. The number of carbonyl (C=O) groups is 2. The number of rotatable bonds is 3. The van der Waals surface area contributed by atoms with E-state index in [0.717, 1.165) is 8.95 Å². The third-order valence-corrected chi connectivity index (χ3v) is 6.55. The number of esters is 1. The van der Waals surface area contributed by atoms with Crippen molar-refractivity contribution >= 4 is 60.4 Å². The van der Waals surface area contributed by atoms with E-state index in [9.17, 15) is 14.4 Å². The molecule has 5 rings (SSSR count). The molecular weight excluding hydrogens is 554 g/mol. The highest BCUT2D eigenvalue weighted by Gasteiger charge is 2.43. The van der Waals surface area contributed by atoms with Gasteiger partial charge in [-0.2, -0.15) is 0 Å². The van der Waals surface area contributed by atoms with Gasteiger partial charge in [0.2, 0.25) is 5.76 Å². The zero-order chi connectivity index (χ0) is 23.3. The van der Waals surface area contributed by atoms with Crippen molar-refractivity contribution in [2.45, 2.75) is 6.04 Å². The van der Waals surface area contributed by atoms with Crippen molar-refractivity contribution in [2.24, 2.45) is 0 Å². The average molecular weight is 569 g/mol. The predicted octanol–water partition coefficient (Wildman–Crippen LogP) is 5.85. The van der Waals surface area contributed by atoms with Gasteiger partial charge in [-0.15, -0.1) is 0 Å². The maximum atomic E-state index is 13.6. The molecule has 0 saturated carbocycles. The molecule has 1 amide bonds. The highest BCUT2D eigenvalue weighted by molar-refractivity contribution is 9.10. The largest absolute Gasteiger partial charge is 0.465 e. The van der Waals surface area contributed by atoms with Gasteiger partial charge in [0.1, 0.15) is 5.58 Å². The fraction of sp³-hybridized carbons (Fsp3) is 0.0800. The molecule has 3 aromatic carbocycles. The number of halogens is 2. The first-order chi connectivity index (χ1) is 15.9. The Labute approximate surface area is 205 Å². The van der Waals surface area contributed by atoms with Crippen molar-refractivity contribution in [1.29, 1.82) is 0 Å². The van der Waals surface area contributed by atoms with Crippen molar-refractivity contribution in [3.63, 3.8) is 0 Å². The summed E-state index contributed by atoms with van der Waals surface area (Å²) in [6.45, 7) is 0. The molecule has 0 aliphatic carbocycles. The fourth-order valence-corrected chi connectivity index (χ4v) is 4.82. The molecular formula is C25H15Br2NO5. The highest BCUT2D eigenvalue weighted by Crippen LogP contribution is 2.42. The van der Waals surface area contributed by atoms with Crippen LogP contribution in [0, 0.1) is 0 Å². The summed E-state index contributed by atoms with van der Waals surface area (Å²) in [7, 11) is 1.31. The van der Waals surface area contributed by atoms with Gasteiger partial charge in [-0.3, -0.25) is 14.5 Å². The monoisotopic (exact) mass is 567 g/mol. The lowest BCUT2D eigenvalue weighted by molar-refractivity contribution is 0.0600. The van der Waals surface area contributed by atoms with Crippen molar-refractivity contribution in [3.8, 4) is 0 Å². The topological polar surface area (TPSA) is 76.8 Å². The summed E-state index contributed by atoms with van der Waals surface area (Å²) in [5.41, 5.74) is 1.96. The third-order valence-electron chi connectivity index (χ3n) is 5.57.